The Morgan fingerprint density at radius 3 is 2.69 bits per heavy atom. The molecule has 1 aromatic rings. The van der Waals surface area contributed by atoms with Crippen LogP contribution in [0.4, 0.5) is 0 Å². The Balaban J connectivity index is 2.12. The molecule has 0 unspecified atom stereocenters. The van der Waals surface area contributed by atoms with Crippen molar-refractivity contribution in [3.05, 3.63) is 47.0 Å². The third-order valence-corrected chi connectivity index (χ3v) is 5.84. The molecule has 2 aliphatic rings. The Hall–Kier alpha value is -2.87. The number of fused-ring (bicyclic) bond motifs is 3. The van der Waals surface area contributed by atoms with Crippen molar-refractivity contribution in [1.29, 1.82) is 0 Å². The Morgan fingerprint density at radius 2 is 2.06 bits per heavy atom. The van der Waals surface area contributed by atoms with E-state index < -0.39 is 35.7 Å². The van der Waals surface area contributed by atoms with E-state index in [0.717, 1.165) is 5.57 Å². The van der Waals surface area contributed by atoms with Gasteiger partial charge in [0.1, 0.15) is 28.8 Å². The Kier molecular flexibility index (Phi) is 6.93. The van der Waals surface area contributed by atoms with Gasteiger partial charge in [0.2, 0.25) is 0 Å². The van der Waals surface area contributed by atoms with Gasteiger partial charge in [-0.25, -0.2) is 9.59 Å². The van der Waals surface area contributed by atoms with Crippen LogP contribution in [-0.4, -0.2) is 41.3 Å². The van der Waals surface area contributed by atoms with Crippen LogP contribution in [0.25, 0.3) is 0 Å². The quantitative estimate of drug-likeness (QED) is 0.424. The summed E-state index contributed by atoms with van der Waals surface area (Å²) < 4.78 is 22.1. The summed E-state index contributed by atoms with van der Waals surface area (Å²) in [6, 6.07) is 1.46. The largest absolute Gasteiger partial charge is 0.462 e. The Morgan fingerprint density at radius 1 is 1.34 bits per heavy atom. The molecule has 4 bridgehead atoms. The van der Waals surface area contributed by atoms with Crippen LogP contribution in [0.3, 0.4) is 0 Å². The number of carbonyl (C=O) groups excluding carboxylic acids is 3. The van der Waals surface area contributed by atoms with Crippen LogP contribution in [0, 0.1) is 5.92 Å². The first kappa shape index (κ1) is 23.8. The van der Waals surface area contributed by atoms with Gasteiger partial charge in [0.05, 0.1) is 6.61 Å². The molecule has 3 heterocycles. The minimum absolute atomic E-state index is 0.0190. The smallest absolute Gasteiger partial charge is 0.341 e. The topological polar surface area (TPSA) is 112 Å². The van der Waals surface area contributed by atoms with Gasteiger partial charge in [-0.1, -0.05) is 12.2 Å². The van der Waals surface area contributed by atoms with E-state index in [2.05, 4.69) is 6.58 Å². The zero-order valence-corrected chi connectivity index (χ0v) is 18.9. The van der Waals surface area contributed by atoms with E-state index in [0.29, 0.717) is 30.6 Å². The number of furan rings is 1. The maximum atomic E-state index is 12.6. The molecular weight excluding hydrogens is 416 g/mol. The fraction of sp³-hybridized carbons (Fsp3) is 0.542. The molecule has 1 N–H and O–H groups in total. The van der Waals surface area contributed by atoms with Crippen LogP contribution < -0.4 is 0 Å². The van der Waals surface area contributed by atoms with Gasteiger partial charge >= 0.3 is 17.9 Å². The zero-order chi connectivity index (χ0) is 23.6. The van der Waals surface area contributed by atoms with Crippen LogP contribution in [0.15, 0.2) is 34.3 Å². The highest BCUT2D eigenvalue weighted by Crippen LogP contribution is 2.39. The zero-order valence-electron chi connectivity index (χ0n) is 18.9. The molecule has 0 aliphatic carbocycles. The lowest BCUT2D eigenvalue weighted by Crippen LogP contribution is -2.38. The van der Waals surface area contributed by atoms with Gasteiger partial charge in [-0.3, -0.25) is 4.79 Å². The minimum atomic E-state index is -1.65. The molecule has 0 saturated carbocycles. The number of ether oxygens (including phenoxy) is 3. The normalized spacial score (nSPS) is 27.8. The number of carbonyl (C=O) groups is 3. The first-order valence-corrected chi connectivity index (χ1v) is 10.8. The second-order valence-corrected chi connectivity index (χ2v) is 8.68. The second-order valence-electron chi connectivity index (χ2n) is 8.68. The fourth-order valence-corrected chi connectivity index (χ4v) is 4.19. The fourth-order valence-electron chi connectivity index (χ4n) is 4.19. The number of aliphatic hydroxyl groups is 1. The summed E-state index contributed by atoms with van der Waals surface area (Å²) in [4.78, 5) is 36.8. The highest BCUT2D eigenvalue weighted by atomic mass is 16.6. The summed E-state index contributed by atoms with van der Waals surface area (Å²) in [6.07, 6.45) is 1.20. The lowest BCUT2D eigenvalue weighted by molar-refractivity contribution is -0.169. The molecular formula is C24H30O8. The highest BCUT2D eigenvalue weighted by molar-refractivity contribution is 5.91. The first-order valence-electron chi connectivity index (χ1n) is 10.8. The summed E-state index contributed by atoms with van der Waals surface area (Å²) in [7, 11) is 0. The third kappa shape index (κ3) is 5.12. The number of hydrogen-bond donors (Lipinski definition) is 1. The molecule has 1 aromatic heterocycles. The predicted octanol–water partition coefficient (Wildman–Crippen LogP) is 3.58. The minimum Gasteiger partial charge on any atom is -0.462 e. The Bertz CT molecular complexity index is 951. The van der Waals surface area contributed by atoms with Crippen molar-refractivity contribution < 1.29 is 38.1 Å². The van der Waals surface area contributed by atoms with Crippen molar-refractivity contribution in [2.24, 2.45) is 5.92 Å². The van der Waals surface area contributed by atoms with Crippen LogP contribution in [0.1, 0.15) is 74.9 Å². The third-order valence-electron chi connectivity index (χ3n) is 5.84. The molecule has 32 heavy (non-hydrogen) atoms. The molecule has 4 atom stereocenters. The number of esters is 3. The molecule has 0 amide bonds. The van der Waals surface area contributed by atoms with Gasteiger partial charge in [0, 0.05) is 25.3 Å². The van der Waals surface area contributed by atoms with Gasteiger partial charge < -0.3 is 23.7 Å². The predicted molar refractivity (Wildman–Crippen MR) is 114 cm³/mol. The first-order chi connectivity index (χ1) is 15.0. The van der Waals surface area contributed by atoms with E-state index in [4.69, 9.17) is 18.6 Å². The molecule has 0 fully saturated rings. The SMILES string of the molecule is C=C(C)[C@@H]1CCC2=C[C@H](C[C@@](C)(O)[C@H](OC(C)=O)c3cc(C(=O)OCC)c(o3)C1)OC2=O. The van der Waals surface area contributed by atoms with E-state index in [-0.39, 0.29) is 30.3 Å². The van der Waals surface area contributed by atoms with E-state index >= 15 is 0 Å². The van der Waals surface area contributed by atoms with E-state index in [1.54, 1.807) is 13.0 Å². The van der Waals surface area contributed by atoms with E-state index in [1.165, 1.54) is 19.9 Å². The lowest BCUT2D eigenvalue weighted by Gasteiger charge is -2.32. The maximum absolute atomic E-state index is 12.6. The Labute approximate surface area is 187 Å². The summed E-state index contributed by atoms with van der Waals surface area (Å²) in [6.45, 7) is 10.5. The summed E-state index contributed by atoms with van der Waals surface area (Å²) >= 11 is 0. The van der Waals surface area contributed by atoms with Gasteiger partial charge in [0.25, 0.3) is 0 Å². The van der Waals surface area contributed by atoms with Gasteiger partial charge in [-0.05, 0) is 51.7 Å². The van der Waals surface area contributed by atoms with Crippen LogP contribution in [0.2, 0.25) is 0 Å². The molecule has 8 nitrogen and oxygen atoms in total. The number of hydrogen-bond acceptors (Lipinski definition) is 8. The molecule has 0 aromatic carbocycles. The molecule has 2 aliphatic heterocycles. The molecule has 174 valence electrons. The van der Waals surface area contributed by atoms with Crippen molar-refractivity contribution in [2.75, 3.05) is 6.61 Å². The standard InChI is InChI=1S/C24H30O8/c1-6-29-23(27)18-11-20-21(30-14(4)25)24(5,28)12-17-9-16(22(26)31-17)8-7-15(13(2)3)10-19(18)32-20/h9,11,15,17,21,28H,2,6-8,10,12H2,1,3-5H3/t15-,17-,21-,24-/m1/s1. The van der Waals surface area contributed by atoms with E-state index in [1.807, 2.05) is 6.92 Å². The molecule has 0 spiro atoms. The summed E-state index contributed by atoms with van der Waals surface area (Å²) in [5.74, 6) is -1.21. The van der Waals surface area contributed by atoms with Crippen molar-refractivity contribution in [3.8, 4) is 0 Å². The van der Waals surface area contributed by atoms with Gasteiger partial charge in [-0.2, -0.15) is 0 Å². The molecule has 0 saturated heterocycles. The second kappa shape index (κ2) is 9.32. The molecule has 8 heteroatoms. The maximum Gasteiger partial charge on any atom is 0.341 e. The van der Waals surface area contributed by atoms with Crippen molar-refractivity contribution >= 4 is 17.9 Å². The van der Waals surface area contributed by atoms with Crippen LogP contribution in [0.5, 0.6) is 0 Å². The average Bonchev–Trinajstić information content (AvgIpc) is 3.25. The van der Waals surface area contributed by atoms with Crippen molar-refractivity contribution in [1.82, 2.24) is 0 Å². The van der Waals surface area contributed by atoms with Crippen LogP contribution in [-0.2, 0) is 30.2 Å². The number of rotatable bonds is 4. The highest BCUT2D eigenvalue weighted by Gasteiger charge is 2.43. The monoisotopic (exact) mass is 446 g/mol. The van der Waals surface area contributed by atoms with Crippen LogP contribution >= 0.6 is 0 Å². The van der Waals surface area contributed by atoms with Gasteiger partial charge in [-0.15, -0.1) is 0 Å². The van der Waals surface area contributed by atoms with Gasteiger partial charge in [0.15, 0.2) is 6.10 Å². The van der Waals surface area contributed by atoms with E-state index in [9.17, 15) is 19.5 Å². The van der Waals surface area contributed by atoms with Crippen molar-refractivity contribution in [3.63, 3.8) is 0 Å². The number of allylic oxidation sites excluding steroid dienone is 1. The average molecular weight is 446 g/mol. The lowest BCUT2D eigenvalue weighted by atomic mass is 9.87. The van der Waals surface area contributed by atoms with Crippen molar-refractivity contribution in [2.45, 2.75) is 71.2 Å². The summed E-state index contributed by atoms with van der Waals surface area (Å²) in [5.41, 5.74) is -0.0247. The molecule has 3 rings (SSSR count). The summed E-state index contributed by atoms with van der Waals surface area (Å²) in [5, 5.41) is 11.3. The molecule has 0 radical (unpaired) electrons.